The van der Waals surface area contributed by atoms with E-state index < -0.39 is 16.7 Å². The van der Waals surface area contributed by atoms with Crippen LogP contribution in [0.2, 0.25) is 5.15 Å². The molecule has 0 saturated carbocycles. The molecule has 1 atom stereocenters. The Hall–Kier alpha value is -3.64. The maximum Gasteiger partial charge on any atom is 0.299 e. The summed E-state index contributed by atoms with van der Waals surface area (Å²) in [7, 11) is 1.55. The van der Waals surface area contributed by atoms with Crippen molar-refractivity contribution in [1.82, 2.24) is 14.8 Å². The lowest BCUT2D eigenvalue weighted by Crippen LogP contribution is -2.42. The molecule has 10 heteroatoms. The van der Waals surface area contributed by atoms with Gasteiger partial charge in [-0.05, 0) is 24.6 Å². The molecule has 1 aromatic heterocycles. The van der Waals surface area contributed by atoms with Crippen molar-refractivity contribution in [3.8, 4) is 6.07 Å². The zero-order valence-electron chi connectivity index (χ0n) is 16.9. The number of pyridine rings is 1. The molecule has 2 aromatic rings. The van der Waals surface area contributed by atoms with Gasteiger partial charge in [0.05, 0.1) is 16.6 Å². The minimum Gasteiger partial charge on any atom is -0.384 e. The highest BCUT2D eigenvalue weighted by Crippen LogP contribution is 2.42. The molecule has 0 bridgehead atoms. The molecule has 160 valence electrons. The van der Waals surface area contributed by atoms with Crippen molar-refractivity contribution >= 4 is 11.6 Å². The van der Waals surface area contributed by atoms with Crippen LogP contribution in [0, 0.1) is 27.3 Å². The highest BCUT2D eigenvalue weighted by molar-refractivity contribution is 6.29. The van der Waals surface area contributed by atoms with Gasteiger partial charge in [0, 0.05) is 31.9 Å². The average Bonchev–Trinajstić information content (AvgIpc) is 2.75. The van der Waals surface area contributed by atoms with E-state index in [0.29, 0.717) is 11.7 Å². The molecule has 0 aliphatic carbocycles. The van der Waals surface area contributed by atoms with E-state index in [1.165, 1.54) is 23.1 Å². The number of aromatic nitrogens is 1. The lowest BCUT2D eigenvalue weighted by molar-refractivity contribution is -0.433. The van der Waals surface area contributed by atoms with Crippen molar-refractivity contribution in [1.29, 1.82) is 5.26 Å². The molecule has 1 unspecified atom stereocenters. The maximum atomic E-state index is 14.7. The molecule has 3 rings (SSSR count). The molecule has 0 radical (unpaired) electrons. The minimum atomic E-state index is -1.25. The van der Waals surface area contributed by atoms with Crippen LogP contribution in [0.4, 0.5) is 4.39 Å². The van der Waals surface area contributed by atoms with Crippen molar-refractivity contribution in [2.45, 2.75) is 19.4 Å². The van der Waals surface area contributed by atoms with Gasteiger partial charge in [0.25, 0.3) is 5.70 Å². The Labute approximate surface area is 183 Å². The van der Waals surface area contributed by atoms with Crippen LogP contribution in [0.15, 0.2) is 65.5 Å². The van der Waals surface area contributed by atoms with Crippen LogP contribution in [0.3, 0.4) is 0 Å². The van der Waals surface area contributed by atoms with Crippen molar-refractivity contribution in [2.75, 3.05) is 13.6 Å². The van der Waals surface area contributed by atoms with E-state index in [1.807, 2.05) is 13.0 Å². The number of rotatable bonds is 6. The number of benzene rings is 1. The van der Waals surface area contributed by atoms with E-state index in [0.717, 1.165) is 5.56 Å². The molecule has 1 aliphatic heterocycles. The Kier molecular flexibility index (Phi) is 6.42. The molecule has 1 aromatic carbocycles. The summed E-state index contributed by atoms with van der Waals surface area (Å²) in [4.78, 5) is 18.9. The van der Waals surface area contributed by atoms with Crippen LogP contribution >= 0.6 is 11.6 Å². The molecular weight excluding hydrogens is 423 g/mol. The predicted molar refractivity (Wildman–Crippen MR) is 113 cm³/mol. The van der Waals surface area contributed by atoms with Crippen molar-refractivity contribution in [2.24, 2.45) is 5.73 Å². The molecule has 0 saturated heterocycles. The van der Waals surface area contributed by atoms with Crippen LogP contribution in [0.5, 0.6) is 0 Å². The van der Waals surface area contributed by atoms with Crippen LogP contribution < -0.4 is 5.73 Å². The lowest BCUT2D eigenvalue weighted by Gasteiger charge is -2.37. The summed E-state index contributed by atoms with van der Waals surface area (Å²) in [6.07, 6.45) is 1.58. The number of nitro groups is 1. The molecular formula is C21H20ClFN6O2. The second-order valence-electron chi connectivity index (χ2n) is 6.89. The highest BCUT2D eigenvalue weighted by Gasteiger charge is 2.44. The third kappa shape index (κ3) is 4.15. The second kappa shape index (κ2) is 9.02. The van der Waals surface area contributed by atoms with E-state index >= 15 is 0 Å². The Morgan fingerprint density at radius 2 is 2.10 bits per heavy atom. The highest BCUT2D eigenvalue weighted by atomic mass is 35.5. The van der Waals surface area contributed by atoms with E-state index in [1.54, 1.807) is 36.3 Å². The topological polar surface area (TPSA) is 112 Å². The van der Waals surface area contributed by atoms with Gasteiger partial charge in [-0.2, -0.15) is 5.26 Å². The maximum absolute atomic E-state index is 14.7. The summed E-state index contributed by atoms with van der Waals surface area (Å²) in [5.41, 5.74) is 6.61. The largest absolute Gasteiger partial charge is 0.384 e. The Morgan fingerprint density at radius 1 is 1.39 bits per heavy atom. The number of nitrogens with zero attached hydrogens (tertiary/aromatic N) is 5. The van der Waals surface area contributed by atoms with Gasteiger partial charge in [-0.3, -0.25) is 10.1 Å². The first-order chi connectivity index (χ1) is 14.8. The normalized spacial score (nSPS) is 16.4. The van der Waals surface area contributed by atoms with E-state index in [-0.39, 0.29) is 35.0 Å². The molecule has 0 fully saturated rings. The van der Waals surface area contributed by atoms with Gasteiger partial charge in [0.15, 0.2) is 5.82 Å². The van der Waals surface area contributed by atoms with Gasteiger partial charge < -0.3 is 15.5 Å². The lowest BCUT2D eigenvalue weighted by atomic mass is 9.85. The fourth-order valence-corrected chi connectivity index (χ4v) is 3.74. The number of hydrogen-bond donors (Lipinski definition) is 1. The summed E-state index contributed by atoms with van der Waals surface area (Å²) in [5, 5.41) is 22.3. The monoisotopic (exact) mass is 442 g/mol. The summed E-state index contributed by atoms with van der Waals surface area (Å²) < 4.78 is 14.7. The molecule has 31 heavy (non-hydrogen) atoms. The fraction of sp³-hybridized carbons (Fsp3) is 0.238. The first kappa shape index (κ1) is 22.1. The summed E-state index contributed by atoms with van der Waals surface area (Å²) in [6, 6.07) is 11.0. The number of halogens is 2. The zero-order chi connectivity index (χ0) is 22.7. The zero-order valence-corrected chi connectivity index (χ0v) is 17.7. The molecule has 1 aliphatic rings. The fourth-order valence-electron chi connectivity index (χ4n) is 3.63. The first-order valence-corrected chi connectivity index (χ1v) is 9.79. The molecule has 2 N–H and O–H groups in total. The number of hydrogen-bond acceptors (Lipinski definition) is 7. The molecule has 2 heterocycles. The number of nitriles is 1. The van der Waals surface area contributed by atoms with E-state index in [9.17, 15) is 19.8 Å². The van der Waals surface area contributed by atoms with Crippen LogP contribution in [-0.2, 0) is 6.54 Å². The van der Waals surface area contributed by atoms with Gasteiger partial charge in [-0.15, -0.1) is 0 Å². The van der Waals surface area contributed by atoms with Crippen LogP contribution in [-0.4, -0.2) is 33.3 Å². The SMILES string of the molecule is CCN(Cc1ccc(Cl)nc1)C1=C([N+](=O)[O-])C(c2ccccc2F)C(C#N)=C(N)N1C. The van der Waals surface area contributed by atoms with E-state index in [2.05, 4.69) is 4.98 Å². The Bertz CT molecular complexity index is 1110. The predicted octanol–water partition coefficient (Wildman–Crippen LogP) is 3.56. The smallest absolute Gasteiger partial charge is 0.299 e. The van der Waals surface area contributed by atoms with Gasteiger partial charge in [0.1, 0.15) is 22.7 Å². The molecule has 0 amide bonds. The number of nitrogens with two attached hydrogens (primary N) is 1. The standard InChI is InChI=1S/C21H20ClFN6O2/c1-3-28(12-13-8-9-17(22)26-11-13)21-19(29(30)31)18(14-6-4-5-7-16(14)23)15(10-24)20(25)27(21)2/h4-9,11,18H,3,12,25H2,1-2H3. The second-order valence-corrected chi connectivity index (χ2v) is 7.28. The Morgan fingerprint density at radius 3 is 2.65 bits per heavy atom. The van der Waals surface area contributed by atoms with Crippen molar-refractivity contribution in [3.05, 3.63) is 97.7 Å². The van der Waals surface area contributed by atoms with Crippen LogP contribution in [0.25, 0.3) is 0 Å². The van der Waals surface area contributed by atoms with Gasteiger partial charge in [-0.25, -0.2) is 9.37 Å². The van der Waals surface area contributed by atoms with Gasteiger partial charge in [0.2, 0.25) is 0 Å². The quantitative estimate of drug-likeness (QED) is 0.413. The summed E-state index contributed by atoms with van der Waals surface area (Å²) >= 11 is 5.85. The van der Waals surface area contributed by atoms with Gasteiger partial charge in [-0.1, -0.05) is 35.9 Å². The van der Waals surface area contributed by atoms with E-state index in [4.69, 9.17) is 17.3 Å². The third-order valence-corrected chi connectivity index (χ3v) is 5.35. The van der Waals surface area contributed by atoms with Crippen molar-refractivity contribution in [3.63, 3.8) is 0 Å². The van der Waals surface area contributed by atoms with Crippen LogP contribution in [0.1, 0.15) is 24.0 Å². The molecule has 8 nitrogen and oxygen atoms in total. The summed E-state index contributed by atoms with van der Waals surface area (Å²) in [5.74, 6) is -1.68. The Balaban J connectivity index is 2.22. The molecule has 0 spiro atoms. The number of allylic oxidation sites excluding steroid dienone is 1. The van der Waals surface area contributed by atoms with Gasteiger partial charge >= 0.3 is 0 Å². The summed E-state index contributed by atoms with van der Waals surface area (Å²) in [6.45, 7) is 2.50. The third-order valence-electron chi connectivity index (χ3n) is 5.12. The minimum absolute atomic E-state index is 0.0171. The average molecular weight is 443 g/mol. The van der Waals surface area contributed by atoms with Crippen molar-refractivity contribution < 1.29 is 9.31 Å². The first-order valence-electron chi connectivity index (χ1n) is 9.41.